The van der Waals surface area contributed by atoms with Gasteiger partial charge in [-0.15, -0.1) is 0 Å². The number of benzene rings is 1. The summed E-state index contributed by atoms with van der Waals surface area (Å²) in [5.41, 5.74) is 0.897. The third kappa shape index (κ3) is 2.31. The van der Waals surface area contributed by atoms with Crippen molar-refractivity contribution in [1.29, 1.82) is 0 Å². The molecule has 0 aliphatic carbocycles. The van der Waals surface area contributed by atoms with E-state index in [-0.39, 0.29) is 11.1 Å². The lowest BCUT2D eigenvalue weighted by molar-refractivity contribution is 0.380. The molecule has 0 aromatic heterocycles. The van der Waals surface area contributed by atoms with Crippen molar-refractivity contribution in [3.05, 3.63) is 23.8 Å². The lowest BCUT2D eigenvalue weighted by Crippen LogP contribution is -2.08. The van der Waals surface area contributed by atoms with Gasteiger partial charge in [0.25, 0.3) is 0 Å². The van der Waals surface area contributed by atoms with E-state index in [1.165, 1.54) is 13.2 Å². The van der Waals surface area contributed by atoms with Gasteiger partial charge in [-0.25, -0.2) is 0 Å². The molecule has 1 rings (SSSR count). The highest BCUT2D eigenvalue weighted by Crippen LogP contribution is 2.37. The molecule has 13 heavy (non-hydrogen) atoms. The first-order chi connectivity index (χ1) is 5.95. The maximum atomic E-state index is 10.9. The lowest BCUT2D eigenvalue weighted by atomic mass is 10.2. The van der Waals surface area contributed by atoms with E-state index in [9.17, 15) is 4.57 Å². The summed E-state index contributed by atoms with van der Waals surface area (Å²) in [6.45, 7) is 1.83. The number of aryl methyl sites for hydroxylation is 1. The van der Waals surface area contributed by atoms with Gasteiger partial charge >= 0.3 is 7.60 Å². The van der Waals surface area contributed by atoms with Crippen LogP contribution in [0.15, 0.2) is 18.2 Å². The number of hydrogen-bond acceptors (Lipinski definition) is 2. The molecule has 0 spiro atoms. The number of hydrogen-bond donors (Lipinski definition) is 2. The summed E-state index contributed by atoms with van der Waals surface area (Å²) < 4.78 is 15.8. The van der Waals surface area contributed by atoms with Crippen LogP contribution in [0.2, 0.25) is 0 Å². The van der Waals surface area contributed by atoms with Crippen LogP contribution in [0.5, 0.6) is 5.75 Å². The smallest absolute Gasteiger partial charge is 0.359 e. The molecule has 0 aliphatic heterocycles. The molecule has 0 aliphatic rings. The normalized spacial score (nSPS) is 11.4. The first-order valence-electron chi connectivity index (χ1n) is 3.66. The monoisotopic (exact) mass is 202 g/mol. The molecule has 72 valence electrons. The molecule has 4 nitrogen and oxygen atoms in total. The van der Waals surface area contributed by atoms with Crippen molar-refractivity contribution < 1.29 is 19.1 Å². The second-order valence-electron chi connectivity index (χ2n) is 2.72. The van der Waals surface area contributed by atoms with Crippen LogP contribution < -0.4 is 10.0 Å². The fraction of sp³-hybridized carbons (Fsp3) is 0.250. The Balaban J connectivity index is 3.30. The minimum Gasteiger partial charge on any atom is -0.496 e. The molecule has 0 radical (unpaired) electrons. The van der Waals surface area contributed by atoms with Crippen molar-refractivity contribution in [3.8, 4) is 5.75 Å². The van der Waals surface area contributed by atoms with E-state index in [1.807, 2.05) is 6.92 Å². The van der Waals surface area contributed by atoms with Gasteiger partial charge in [-0.3, -0.25) is 4.57 Å². The molecule has 0 heterocycles. The zero-order valence-electron chi connectivity index (χ0n) is 7.39. The second kappa shape index (κ2) is 3.50. The zero-order chi connectivity index (χ0) is 10.1. The largest absolute Gasteiger partial charge is 0.496 e. The SMILES string of the molecule is COc1cc(C)ccc1P(=O)(O)O. The fourth-order valence-corrected chi connectivity index (χ4v) is 1.74. The van der Waals surface area contributed by atoms with Crippen LogP contribution in [0.25, 0.3) is 0 Å². The fourth-order valence-electron chi connectivity index (χ4n) is 1.03. The van der Waals surface area contributed by atoms with Gasteiger partial charge in [-0.05, 0) is 24.6 Å². The second-order valence-corrected chi connectivity index (χ2v) is 4.29. The Morgan fingerprint density at radius 3 is 2.46 bits per heavy atom. The quantitative estimate of drug-likeness (QED) is 0.696. The van der Waals surface area contributed by atoms with Crippen molar-refractivity contribution in [2.45, 2.75) is 6.92 Å². The third-order valence-electron chi connectivity index (χ3n) is 1.65. The van der Waals surface area contributed by atoms with Crippen LogP contribution in [-0.2, 0) is 4.57 Å². The predicted octanol–water partition coefficient (Wildman–Crippen LogP) is 0.807. The van der Waals surface area contributed by atoms with Crippen LogP contribution in [-0.4, -0.2) is 16.9 Å². The highest BCUT2D eigenvalue weighted by Gasteiger charge is 2.21. The van der Waals surface area contributed by atoms with Gasteiger partial charge in [0.1, 0.15) is 11.1 Å². The van der Waals surface area contributed by atoms with Gasteiger partial charge in [0.05, 0.1) is 7.11 Å². The molecule has 0 bridgehead atoms. The van der Waals surface area contributed by atoms with Crippen molar-refractivity contribution in [2.24, 2.45) is 0 Å². The summed E-state index contributed by atoms with van der Waals surface area (Å²) in [5, 5.41) is -0.0689. The van der Waals surface area contributed by atoms with Gasteiger partial charge in [-0.2, -0.15) is 0 Å². The van der Waals surface area contributed by atoms with Crippen LogP contribution in [0.3, 0.4) is 0 Å². The first-order valence-corrected chi connectivity index (χ1v) is 5.27. The minimum atomic E-state index is -4.22. The van der Waals surface area contributed by atoms with Crippen LogP contribution in [0.4, 0.5) is 0 Å². The summed E-state index contributed by atoms with van der Waals surface area (Å²) in [6.07, 6.45) is 0. The average molecular weight is 202 g/mol. The lowest BCUT2D eigenvalue weighted by Gasteiger charge is -2.09. The number of methoxy groups -OCH3 is 1. The zero-order valence-corrected chi connectivity index (χ0v) is 8.28. The maximum Gasteiger partial charge on any atom is 0.359 e. The Hall–Kier alpha value is -0.830. The Kier molecular flexibility index (Phi) is 2.76. The van der Waals surface area contributed by atoms with E-state index in [1.54, 1.807) is 12.1 Å². The minimum absolute atomic E-state index is 0.0689. The first kappa shape index (κ1) is 10.3. The van der Waals surface area contributed by atoms with E-state index in [0.717, 1.165) is 5.56 Å². The third-order valence-corrected chi connectivity index (χ3v) is 2.65. The number of ether oxygens (including phenoxy) is 1. The van der Waals surface area contributed by atoms with Gasteiger partial charge in [0, 0.05) is 0 Å². The predicted molar refractivity (Wildman–Crippen MR) is 49.4 cm³/mol. The van der Waals surface area contributed by atoms with E-state index >= 15 is 0 Å². The van der Waals surface area contributed by atoms with Gasteiger partial charge in [0.2, 0.25) is 0 Å². The van der Waals surface area contributed by atoms with Crippen LogP contribution in [0, 0.1) is 6.92 Å². The molecule has 1 aromatic carbocycles. The summed E-state index contributed by atoms with van der Waals surface area (Å²) in [4.78, 5) is 17.8. The van der Waals surface area contributed by atoms with E-state index in [2.05, 4.69) is 0 Å². The Labute approximate surface area is 76.3 Å². The van der Waals surface area contributed by atoms with Crippen molar-refractivity contribution in [3.63, 3.8) is 0 Å². The molecular weight excluding hydrogens is 191 g/mol. The molecule has 0 atom stereocenters. The van der Waals surface area contributed by atoms with Gasteiger partial charge in [0.15, 0.2) is 0 Å². The highest BCUT2D eigenvalue weighted by atomic mass is 31.2. The Morgan fingerprint density at radius 2 is 2.00 bits per heavy atom. The number of rotatable bonds is 2. The van der Waals surface area contributed by atoms with Gasteiger partial charge in [-0.1, -0.05) is 6.07 Å². The van der Waals surface area contributed by atoms with E-state index in [0.29, 0.717) is 0 Å². The topological polar surface area (TPSA) is 66.8 Å². The maximum absolute atomic E-state index is 10.9. The molecule has 0 saturated carbocycles. The summed E-state index contributed by atoms with van der Waals surface area (Å²) in [5.74, 6) is 0.230. The van der Waals surface area contributed by atoms with E-state index < -0.39 is 7.60 Å². The van der Waals surface area contributed by atoms with E-state index in [4.69, 9.17) is 14.5 Å². The molecular formula is C8H11O4P. The molecule has 0 unspecified atom stereocenters. The highest BCUT2D eigenvalue weighted by molar-refractivity contribution is 7.60. The Morgan fingerprint density at radius 1 is 1.38 bits per heavy atom. The molecule has 0 fully saturated rings. The van der Waals surface area contributed by atoms with Crippen LogP contribution in [0.1, 0.15) is 5.56 Å². The van der Waals surface area contributed by atoms with Gasteiger partial charge < -0.3 is 14.5 Å². The van der Waals surface area contributed by atoms with Crippen molar-refractivity contribution >= 4 is 12.9 Å². The average Bonchev–Trinajstić information content (AvgIpc) is 2.01. The standard InChI is InChI=1S/C8H11O4P/c1-6-3-4-8(13(9,10)11)7(5-6)12-2/h3-5H,1-2H3,(H2,9,10,11). The summed E-state index contributed by atoms with van der Waals surface area (Å²) in [7, 11) is -2.83. The van der Waals surface area contributed by atoms with Crippen molar-refractivity contribution in [1.82, 2.24) is 0 Å². The molecule has 5 heteroatoms. The molecule has 1 aromatic rings. The van der Waals surface area contributed by atoms with Crippen LogP contribution >= 0.6 is 7.60 Å². The molecule has 0 amide bonds. The van der Waals surface area contributed by atoms with Crippen molar-refractivity contribution in [2.75, 3.05) is 7.11 Å². The molecule has 2 N–H and O–H groups in total. The molecule has 0 saturated heterocycles. The Bertz CT molecular complexity index is 355. The summed E-state index contributed by atoms with van der Waals surface area (Å²) >= 11 is 0. The summed E-state index contributed by atoms with van der Waals surface area (Å²) in [6, 6.07) is 4.61.